The molecule has 0 heterocycles. The van der Waals surface area contributed by atoms with Crippen LogP contribution in [0.15, 0.2) is 18.2 Å². The Balaban J connectivity index is 2.01. The van der Waals surface area contributed by atoms with Crippen LogP contribution in [0.2, 0.25) is 0 Å². The third kappa shape index (κ3) is 3.49. The van der Waals surface area contributed by atoms with Crippen LogP contribution in [0.5, 0.6) is 11.5 Å². The monoisotopic (exact) mass is 262 g/mol. The minimum atomic E-state index is 0.245. The molecule has 1 aromatic carbocycles. The minimum Gasteiger partial charge on any atom is -0.497 e. The van der Waals surface area contributed by atoms with Gasteiger partial charge in [-0.05, 0) is 49.8 Å². The van der Waals surface area contributed by atoms with Gasteiger partial charge in [-0.3, -0.25) is 4.79 Å². The second-order valence-corrected chi connectivity index (χ2v) is 5.19. The Kier molecular flexibility index (Phi) is 4.83. The van der Waals surface area contributed by atoms with Crippen LogP contribution < -0.4 is 9.47 Å². The first kappa shape index (κ1) is 13.9. The molecule has 1 fully saturated rings. The third-order valence-corrected chi connectivity index (χ3v) is 4.01. The molecule has 3 nitrogen and oxygen atoms in total. The lowest BCUT2D eigenvalue weighted by molar-refractivity contribution is 0.109. The Labute approximate surface area is 114 Å². The quantitative estimate of drug-likeness (QED) is 0.756. The smallest absolute Gasteiger partial charge is 0.153 e. The molecule has 2 rings (SSSR count). The lowest BCUT2D eigenvalue weighted by Gasteiger charge is -2.28. The van der Waals surface area contributed by atoms with Crippen LogP contribution in [-0.2, 0) is 0 Å². The van der Waals surface area contributed by atoms with E-state index < -0.39 is 0 Å². The van der Waals surface area contributed by atoms with Crippen molar-refractivity contribution in [1.82, 2.24) is 0 Å². The Bertz CT molecular complexity index is 420. The number of hydrogen-bond acceptors (Lipinski definition) is 3. The predicted molar refractivity (Wildman–Crippen MR) is 75.0 cm³/mol. The van der Waals surface area contributed by atoms with Gasteiger partial charge in [-0.25, -0.2) is 0 Å². The van der Waals surface area contributed by atoms with Crippen molar-refractivity contribution in [3.05, 3.63) is 23.8 Å². The first-order valence-electron chi connectivity index (χ1n) is 7.06. The van der Waals surface area contributed by atoms with E-state index in [1.807, 2.05) is 12.1 Å². The van der Waals surface area contributed by atoms with E-state index in [0.29, 0.717) is 17.1 Å². The summed E-state index contributed by atoms with van der Waals surface area (Å²) in [6.45, 7) is 2.25. The number of carbonyl (C=O) groups is 1. The molecule has 0 spiro atoms. The van der Waals surface area contributed by atoms with E-state index in [9.17, 15) is 4.79 Å². The highest BCUT2D eigenvalue weighted by Gasteiger charge is 2.22. The fourth-order valence-corrected chi connectivity index (χ4v) is 2.69. The zero-order valence-electron chi connectivity index (χ0n) is 11.7. The van der Waals surface area contributed by atoms with Gasteiger partial charge < -0.3 is 9.47 Å². The fraction of sp³-hybridized carbons (Fsp3) is 0.562. The first-order valence-corrected chi connectivity index (χ1v) is 7.06. The summed E-state index contributed by atoms with van der Waals surface area (Å²) in [4.78, 5) is 11.1. The average molecular weight is 262 g/mol. The number of benzene rings is 1. The van der Waals surface area contributed by atoms with Gasteiger partial charge in [0.15, 0.2) is 6.29 Å². The Morgan fingerprint density at radius 2 is 2.00 bits per heavy atom. The van der Waals surface area contributed by atoms with E-state index in [1.165, 1.54) is 19.3 Å². The molecule has 0 aromatic heterocycles. The molecular weight excluding hydrogens is 240 g/mol. The van der Waals surface area contributed by atoms with Gasteiger partial charge in [-0.2, -0.15) is 0 Å². The van der Waals surface area contributed by atoms with Crippen molar-refractivity contribution in [3.8, 4) is 11.5 Å². The predicted octanol–water partition coefficient (Wildman–Crippen LogP) is 3.86. The van der Waals surface area contributed by atoms with E-state index in [4.69, 9.17) is 9.47 Å². The standard InChI is InChI=1S/C16H22O3/c1-3-12-4-6-14(7-5-12)19-16-9-8-15(18-2)10-13(16)11-17/h8-12,14H,3-7H2,1-2H3. The van der Waals surface area contributed by atoms with E-state index in [-0.39, 0.29) is 6.10 Å². The summed E-state index contributed by atoms with van der Waals surface area (Å²) in [6.07, 6.45) is 6.97. The number of aldehydes is 1. The van der Waals surface area contributed by atoms with Gasteiger partial charge in [-0.15, -0.1) is 0 Å². The van der Waals surface area contributed by atoms with Gasteiger partial charge in [0.05, 0.1) is 18.8 Å². The summed E-state index contributed by atoms with van der Waals surface area (Å²) in [7, 11) is 1.59. The van der Waals surface area contributed by atoms with E-state index in [1.54, 1.807) is 13.2 Å². The topological polar surface area (TPSA) is 35.5 Å². The van der Waals surface area contributed by atoms with Crippen LogP contribution in [0.25, 0.3) is 0 Å². The second kappa shape index (κ2) is 6.60. The van der Waals surface area contributed by atoms with Crippen LogP contribution in [0.4, 0.5) is 0 Å². The Morgan fingerprint density at radius 1 is 1.26 bits per heavy atom. The molecule has 0 aliphatic heterocycles. The molecule has 0 N–H and O–H groups in total. The summed E-state index contributed by atoms with van der Waals surface area (Å²) in [5.41, 5.74) is 0.567. The van der Waals surface area contributed by atoms with Crippen molar-refractivity contribution >= 4 is 6.29 Å². The molecule has 0 radical (unpaired) electrons. The fourth-order valence-electron chi connectivity index (χ4n) is 2.69. The zero-order chi connectivity index (χ0) is 13.7. The van der Waals surface area contributed by atoms with Crippen molar-refractivity contribution in [1.29, 1.82) is 0 Å². The molecule has 3 heteroatoms. The molecule has 0 atom stereocenters. The van der Waals surface area contributed by atoms with Crippen LogP contribution in [0, 0.1) is 5.92 Å². The molecule has 0 bridgehead atoms. The van der Waals surface area contributed by atoms with Gasteiger partial charge in [0.1, 0.15) is 11.5 Å². The lowest BCUT2D eigenvalue weighted by atomic mass is 9.86. The van der Waals surface area contributed by atoms with Gasteiger partial charge in [-0.1, -0.05) is 13.3 Å². The van der Waals surface area contributed by atoms with E-state index >= 15 is 0 Å². The summed E-state index contributed by atoms with van der Waals surface area (Å²) < 4.78 is 11.1. The molecule has 1 saturated carbocycles. The van der Waals surface area contributed by atoms with Crippen LogP contribution >= 0.6 is 0 Å². The summed E-state index contributed by atoms with van der Waals surface area (Å²) in [5.74, 6) is 2.21. The molecule has 0 saturated heterocycles. The Hall–Kier alpha value is -1.51. The van der Waals surface area contributed by atoms with Gasteiger partial charge in [0, 0.05) is 0 Å². The average Bonchev–Trinajstić information content (AvgIpc) is 2.48. The molecule has 1 aliphatic carbocycles. The van der Waals surface area contributed by atoms with Crippen molar-refractivity contribution < 1.29 is 14.3 Å². The number of ether oxygens (including phenoxy) is 2. The maximum atomic E-state index is 11.1. The lowest BCUT2D eigenvalue weighted by Crippen LogP contribution is -2.24. The maximum absolute atomic E-state index is 11.1. The van der Waals surface area contributed by atoms with Gasteiger partial charge >= 0.3 is 0 Å². The Morgan fingerprint density at radius 3 is 2.58 bits per heavy atom. The molecule has 1 aromatic rings. The normalized spacial score (nSPS) is 22.8. The highest BCUT2D eigenvalue weighted by atomic mass is 16.5. The van der Waals surface area contributed by atoms with Gasteiger partial charge in [0.2, 0.25) is 0 Å². The minimum absolute atomic E-state index is 0.245. The highest BCUT2D eigenvalue weighted by molar-refractivity contribution is 5.80. The summed E-state index contributed by atoms with van der Waals surface area (Å²) in [6, 6.07) is 5.38. The molecule has 0 amide bonds. The number of rotatable bonds is 5. The first-order chi connectivity index (χ1) is 9.26. The molecule has 1 aliphatic rings. The molecular formula is C16H22O3. The zero-order valence-corrected chi connectivity index (χ0v) is 11.7. The van der Waals surface area contributed by atoms with Crippen molar-refractivity contribution in [2.24, 2.45) is 5.92 Å². The van der Waals surface area contributed by atoms with Crippen molar-refractivity contribution in [3.63, 3.8) is 0 Å². The largest absolute Gasteiger partial charge is 0.497 e. The van der Waals surface area contributed by atoms with E-state index in [0.717, 1.165) is 25.0 Å². The third-order valence-electron chi connectivity index (χ3n) is 4.01. The molecule has 104 valence electrons. The van der Waals surface area contributed by atoms with Crippen LogP contribution in [0.3, 0.4) is 0 Å². The van der Waals surface area contributed by atoms with E-state index in [2.05, 4.69) is 6.92 Å². The maximum Gasteiger partial charge on any atom is 0.153 e. The summed E-state index contributed by atoms with van der Waals surface area (Å²) >= 11 is 0. The number of hydrogen-bond donors (Lipinski definition) is 0. The molecule has 0 unspecified atom stereocenters. The highest BCUT2D eigenvalue weighted by Crippen LogP contribution is 2.31. The number of methoxy groups -OCH3 is 1. The van der Waals surface area contributed by atoms with Gasteiger partial charge in [0.25, 0.3) is 0 Å². The van der Waals surface area contributed by atoms with Crippen LogP contribution in [0.1, 0.15) is 49.4 Å². The molecule has 19 heavy (non-hydrogen) atoms. The second-order valence-electron chi connectivity index (χ2n) is 5.19. The van der Waals surface area contributed by atoms with Crippen LogP contribution in [-0.4, -0.2) is 19.5 Å². The van der Waals surface area contributed by atoms with Crippen molar-refractivity contribution in [2.75, 3.05) is 7.11 Å². The number of carbonyl (C=O) groups excluding carboxylic acids is 1. The summed E-state index contributed by atoms with van der Waals surface area (Å²) in [5, 5.41) is 0. The SMILES string of the molecule is CCC1CCC(Oc2ccc(OC)cc2C=O)CC1. The van der Waals surface area contributed by atoms with Crippen molar-refractivity contribution in [2.45, 2.75) is 45.1 Å².